The first kappa shape index (κ1) is 13.4. The third-order valence-electron chi connectivity index (χ3n) is 3.29. The smallest absolute Gasteiger partial charge is 0.410 e. The SMILES string of the molecule is O=C([O-])C1CCN(C(=O)OCc2ccccc2)CC1. The molecule has 0 N–H and O–H groups in total. The minimum absolute atomic E-state index is 0.236. The molecule has 19 heavy (non-hydrogen) atoms. The normalized spacial score (nSPS) is 16.1. The van der Waals surface area contributed by atoms with E-state index in [4.69, 9.17) is 4.74 Å². The maximum atomic E-state index is 11.8. The summed E-state index contributed by atoms with van der Waals surface area (Å²) >= 11 is 0. The van der Waals surface area contributed by atoms with Crippen LogP contribution in [0.4, 0.5) is 4.79 Å². The highest BCUT2D eigenvalue weighted by Crippen LogP contribution is 2.17. The molecule has 0 aliphatic carbocycles. The number of piperidine rings is 1. The number of carboxylic acid groups (broad SMARTS) is 1. The number of carboxylic acids is 1. The van der Waals surface area contributed by atoms with Gasteiger partial charge in [-0.2, -0.15) is 0 Å². The number of carbonyl (C=O) groups excluding carboxylic acids is 2. The molecule has 0 radical (unpaired) electrons. The van der Waals surface area contributed by atoms with Crippen molar-refractivity contribution in [2.24, 2.45) is 5.92 Å². The van der Waals surface area contributed by atoms with Gasteiger partial charge in [0.05, 0.1) is 0 Å². The van der Waals surface area contributed by atoms with Crippen molar-refractivity contribution >= 4 is 12.1 Å². The molecular weight excluding hydrogens is 246 g/mol. The zero-order valence-electron chi connectivity index (χ0n) is 10.6. The molecule has 2 rings (SSSR count). The Balaban J connectivity index is 1.77. The van der Waals surface area contributed by atoms with Gasteiger partial charge in [0, 0.05) is 25.0 Å². The number of benzene rings is 1. The van der Waals surface area contributed by atoms with Crippen LogP contribution in [-0.2, 0) is 16.1 Å². The van der Waals surface area contributed by atoms with E-state index in [1.54, 1.807) is 4.90 Å². The third kappa shape index (κ3) is 3.71. The highest BCUT2D eigenvalue weighted by atomic mass is 16.6. The van der Waals surface area contributed by atoms with Gasteiger partial charge < -0.3 is 19.5 Å². The van der Waals surface area contributed by atoms with Crippen LogP contribution < -0.4 is 5.11 Å². The van der Waals surface area contributed by atoms with Crippen molar-refractivity contribution in [3.8, 4) is 0 Å². The Bertz CT molecular complexity index is 438. The maximum absolute atomic E-state index is 11.8. The molecule has 1 aliphatic heterocycles. The second-order valence-electron chi connectivity index (χ2n) is 4.62. The van der Waals surface area contributed by atoms with Crippen LogP contribution in [0.15, 0.2) is 30.3 Å². The van der Waals surface area contributed by atoms with Crippen molar-refractivity contribution in [3.63, 3.8) is 0 Å². The van der Waals surface area contributed by atoms with Gasteiger partial charge in [0.2, 0.25) is 0 Å². The lowest BCUT2D eigenvalue weighted by Crippen LogP contribution is -2.43. The van der Waals surface area contributed by atoms with Gasteiger partial charge in [-0.3, -0.25) is 0 Å². The van der Waals surface area contributed by atoms with Gasteiger partial charge in [-0.15, -0.1) is 0 Å². The van der Waals surface area contributed by atoms with E-state index in [0.29, 0.717) is 25.9 Å². The molecule has 0 unspecified atom stereocenters. The predicted molar refractivity (Wildman–Crippen MR) is 65.9 cm³/mol. The van der Waals surface area contributed by atoms with Gasteiger partial charge in [0.1, 0.15) is 6.61 Å². The van der Waals surface area contributed by atoms with Gasteiger partial charge in [-0.05, 0) is 18.4 Å². The zero-order chi connectivity index (χ0) is 13.7. The summed E-state index contributed by atoms with van der Waals surface area (Å²) in [5.74, 6) is -1.48. The molecule has 1 fully saturated rings. The second-order valence-corrected chi connectivity index (χ2v) is 4.62. The molecule has 5 heteroatoms. The Morgan fingerprint density at radius 3 is 2.42 bits per heavy atom. The van der Waals surface area contributed by atoms with Crippen LogP contribution in [0.2, 0.25) is 0 Å². The number of hydrogen-bond donors (Lipinski definition) is 0. The minimum atomic E-state index is -1.03. The Hall–Kier alpha value is -2.04. The lowest BCUT2D eigenvalue weighted by molar-refractivity contribution is -0.312. The van der Waals surface area contributed by atoms with E-state index < -0.39 is 11.9 Å². The fourth-order valence-corrected chi connectivity index (χ4v) is 2.11. The van der Waals surface area contributed by atoms with Crippen molar-refractivity contribution < 1.29 is 19.4 Å². The van der Waals surface area contributed by atoms with Gasteiger partial charge in [0.15, 0.2) is 0 Å². The number of likely N-dealkylation sites (tertiary alicyclic amines) is 1. The van der Waals surface area contributed by atoms with E-state index >= 15 is 0 Å². The van der Waals surface area contributed by atoms with E-state index in [2.05, 4.69) is 0 Å². The predicted octanol–water partition coefficient (Wildman–Crippen LogP) is 0.785. The quantitative estimate of drug-likeness (QED) is 0.807. The summed E-state index contributed by atoms with van der Waals surface area (Å²) < 4.78 is 5.19. The summed E-state index contributed by atoms with van der Waals surface area (Å²) in [5, 5.41) is 10.7. The number of rotatable bonds is 3. The molecule has 0 bridgehead atoms. The van der Waals surface area contributed by atoms with Gasteiger partial charge in [-0.25, -0.2) is 4.79 Å². The Labute approximate surface area is 111 Å². The van der Waals surface area contributed by atoms with Crippen LogP contribution in [0.3, 0.4) is 0 Å². The lowest BCUT2D eigenvalue weighted by Gasteiger charge is -2.31. The molecule has 102 valence electrons. The summed E-state index contributed by atoms with van der Waals surface area (Å²) in [6.45, 7) is 1.05. The third-order valence-corrected chi connectivity index (χ3v) is 3.29. The van der Waals surface area contributed by atoms with Crippen molar-refractivity contribution in [1.82, 2.24) is 4.90 Å². The van der Waals surface area contributed by atoms with Crippen molar-refractivity contribution in [1.29, 1.82) is 0 Å². The Morgan fingerprint density at radius 2 is 1.84 bits per heavy atom. The van der Waals surface area contributed by atoms with Gasteiger partial charge in [0.25, 0.3) is 0 Å². The molecule has 1 aliphatic rings. The first-order valence-electron chi connectivity index (χ1n) is 6.33. The number of carbonyl (C=O) groups is 2. The average molecular weight is 262 g/mol. The maximum Gasteiger partial charge on any atom is 0.410 e. The van der Waals surface area contributed by atoms with Crippen molar-refractivity contribution in [2.75, 3.05) is 13.1 Å². The highest BCUT2D eigenvalue weighted by molar-refractivity contribution is 5.70. The number of hydrogen-bond acceptors (Lipinski definition) is 4. The lowest BCUT2D eigenvalue weighted by atomic mass is 9.97. The van der Waals surface area contributed by atoms with Gasteiger partial charge in [-0.1, -0.05) is 30.3 Å². The molecule has 5 nitrogen and oxygen atoms in total. The number of nitrogens with zero attached hydrogens (tertiary/aromatic N) is 1. The van der Waals surface area contributed by atoms with Crippen LogP contribution in [0, 0.1) is 5.92 Å². The first-order valence-corrected chi connectivity index (χ1v) is 6.33. The van der Waals surface area contributed by atoms with Gasteiger partial charge >= 0.3 is 6.09 Å². The van der Waals surface area contributed by atoms with Crippen LogP contribution in [0.25, 0.3) is 0 Å². The van der Waals surface area contributed by atoms with E-state index in [1.807, 2.05) is 30.3 Å². The molecule has 0 saturated carbocycles. The fourth-order valence-electron chi connectivity index (χ4n) is 2.11. The molecule has 0 atom stereocenters. The largest absolute Gasteiger partial charge is 0.550 e. The highest BCUT2D eigenvalue weighted by Gasteiger charge is 2.24. The van der Waals surface area contributed by atoms with E-state index in [-0.39, 0.29) is 12.7 Å². The van der Waals surface area contributed by atoms with Crippen LogP contribution in [-0.4, -0.2) is 30.1 Å². The second kappa shape index (κ2) is 6.22. The van der Waals surface area contributed by atoms with Crippen LogP contribution in [0.5, 0.6) is 0 Å². The van der Waals surface area contributed by atoms with E-state index in [0.717, 1.165) is 5.56 Å². The summed E-state index contributed by atoms with van der Waals surface area (Å²) in [5.41, 5.74) is 0.931. The summed E-state index contributed by atoms with van der Waals surface area (Å²) in [6.07, 6.45) is 0.478. The van der Waals surface area contributed by atoms with E-state index in [9.17, 15) is 14.7 Å². The molecular formula is C14H16NO4-. The minimum Gasteiger partial charge on any atom is -0.550 e. The topological polar surface area (TPSA) is 69.7 Å². The van der Waals surface area contributed by atoms with Crippen molar-refractivity contribution in [2.45, 2.75) is 19.4 Å². The van der Waals surface area contributed by atoms with Crippen LogP contribution >= 0.6 is 0 Å². The van der Waals surface area contributed by atoms with Crippen LogP contribution in [0.1, 0.15) is 18.4 Å². The molecule has 1 amide bonds. The molecule has 0 aromatic heterocycles. The Morgan fingerprint density at radius 1 is 1.21 bits per heavy atom. The number of amides is 1. The number of ether oxygens (including phenoxy) is 1. The zero-order valence-corrected chi connectivity index (χ0v) is 10.6. The standard InChI is InChI=1S/C14H17NO4/c16-13(17)12-6-8-15(9-7-12)14(18)19-10-11-4-2-1-3-5-11/h1-5,12H,6-10H2,(H,16,17)/p-1. The molecule has 1 saturated heterocycles. The Kier molecular flexibility index (Phi) is 4.39. The molecule has 1 aromatic carbocycles. The molecule has 0 spiro atoms. The summed E-state index contributed by atoms with van der Waals surface area (Å²) in [6, 6.07) is 9.43. The monoisotopic (exact) mass is 262 g/mol. The molecule has 1 heterocycles. The summed E-state index contributed by atoms with van der Waals surface area (Å²) in [4.78, 5) is 24.0. The van der Waals surface area contributed by atoms with Crippen molar-refractivity contribution in [3.05, 3.63) is 35.9 Å². The summed E-state index contributed by atoms with van der Waals surface area (Å²) in [7, 11) is 0. The fraction of sp³-hybridized carbons (Fsp3) is 0.429. The molecule has 1 aromatic rings. The first-order chi connectivity index (χ1) is 9.16. The van der Waals surface area contributed by atoms with E-state index in [1.165, 1.54) is 0 Å². The average Bonchev–Trinajstić information content (AvgIpc) is 2.46. The number of aliphatic carboxylic acids is 1.